The number of halogens is 4. The van der Waals surface area contributed by atoms with Crippen LogP contribution in [-0.4, -0.2) is 29.8 Å². The molecule has 1 saturated heterocycles. The molecule has 30 heavy (non-hydrogen) atoms. The van der Waals surface area contributed by atoms with Crippen molar-refractivity contribution in [2.45, 2.75) is 37.4 Å². The summed E-state index contributed by atoms with van der Waals surface area (Å²) in [5.41, 5.74) is -0.162. The SMILES string of the molecule is O=C(CCc1ccccc1C(F)(F)F)N1C(=O)c2cccc(Br)c2C12CCNCC2. The molecule has 2 aliphatic heterocycles. The molecule has 1 N–H and O–H groups in total. The van der Waals surface area contributed by atoms with Crippen LogP contribution in [0.25, 0.3) is 0 Å². The van der Waals surface area contributed by atoms with Gasteiger partial charge in [0, 0.05) is 22.0 Å². The molecule has 0 saturated carbocycles. The second-order valence-corrected chi connectivity index (χ2v) is 8.49. The van der Waals surface area contributed by atoms with Gasteiger partial charge in [-0.3, -0.25) is 14.5 Å². The van der Waals surface area contributed by atoms with Gasteiger partial charge >= 0.3 is 6.18 Å². The highest BCUT2D eigenvalue weighted by Crippen LogP contribution is 2.48. The second kappa shape index (κ2) is 7.81. The van der Waals surface area contributed by atoms with Crippen LogP contribution in [-0.2, 0) is 22.9 Å². The first kappa shape index (κ1) is 21.1. The molecule has 0 unspecified atom stereocenters. The molecule has 0 atom stereocenters. The lowest BCUT2D eigenvalue weighted by Gasteiger charge is -2.41. The molecule has 2 heterocycles. The van der Waals surface area contributed by atoms with Gasteiger partial charge in [0.25, 0.3) is 5.91 Å². The van der Waals surface area contributed by atoms with Crippen LogP contribution in [0.1, 0.15) is 46.3 Å². The maximum Gasteiger partial charge on any atom is 0.416 e. The van der Waals surface area contributed by atoms with Crippen LogP contribution in [0.2, 0.25) is 0 Å². The van der Waals surface area contributed by atoms with Crippen LogP contribution < -0.4 is 5.32 Å². The van der Waals surface area contributed by atoms with Gasteiger partial charge in [-0.15, -0.1) is 0 Å². The summed E-state index contributed by atoms with van der Waals surface area (Å²) >= 11 is 3.53. The van der Waals surface area contributed by atoms with Crippen LogP contribution in [0.4, 0.5) is 13.2 Å². The summed E-state index contributed by atoms with van der Waals surface area (Å²) in [6.45, 7) is 1.30. The Hall–Kier alpha value is -2.19. The predicted molar refractivity (Wildman–Crippen MR) is 109 cm³/mol. The Morgan fingerprint density at radius 3 is 2.50 bits per heavy atom. The Labute approximate surface area is 180 Å². The summed E-state index contributed by atoms with van der Waals surface area (Å²) in [6, 6.07) is 10.6. The maximum absolute atomic E-state index is 13.3. The maximum atomic E-state index is 13.3. The minimum Gasteiger partial charge on any atom is -0.317 e. The van der Waals surface area contributed by atoms with E-state index < -0.39 is 23.2 Å². The monoisotopic (exact) mass is 480 g/mol. The first-order chi connectivity index (χ1) is 14.3. The summed E-state index contributed by atoms with van der Waals surface area (Å²) in [7, 11) is 0. The van der Waals surface area contributed by atoms with Crippen molar-refractivity contribution < 1.29 is 22.8 Å². The highest BCUT2D eigenvalue weighted by Gasteiger charge is 2.53. The lowest BCUT2D eigenvalue weighted by atomic mass is 9.81. The van der Waals surface area contributed by atoms with Crippen LogP contribution in [0, 0.1) is 0 Å². The van der Waals surface area contributed by atoms with Crippen molar-refractivity contribution in [1.82, 2.24) is 10.2 Å². The number of carbonyl (C=O) groups is 2. The zero-order valence-electron chi connectivity index (χ0n) is 16.1. The fourth-order valence-electron chi connectivity index (χ4n) is 4.64. The molecule has 4 rings (SSSR count). The van der Waals surface area contributed by atoms with E-state index >= 15 is 0 Å². The molecule has 2 aromatic carbocycles. The summed E-state index contributed by atoms with van der Waals surface area (Å²) < 4.78 is 40.6. The van der Waals surface area contributed by atoms with E-state index in [2.05, 4.69) is 21.2 Å². The number of rotatable bonds is 3. The number of carbonyl (C=O) groups excluding carboxylic acids is 2. The molecule has 2 amide bonds. The molecule has 1 fully saturated rings. The molecule has 2 aromatic rings. The zero-order valence-corrected chi connectivity index (χ0v) is 17.6. The molecule has 4 nitrogen and oxygen atoms in total. The highest BCUT2D eigenvalue weighted by atomic mass is 79.9. The molecule has 0 bridgehead atoms. The quantitative estimate of drug-likeness (QED) is 0.694. The minimum atomic E-state index is -4.49. The first-order valence-corrected chi connectivity index (χ1v) is 10.6. The van der Waals surface area contributed by atoms with E-state index in [1.165, 1.54) is 23.1 Å². The van der Waals surface area contributed by atoms with Gasteiger partial charge in [-0.2, -0.15) is 13.2 Å². The third kappa shape index (κ3) is 3.46. The fourth-order valence-corrected chi connectivity index (χ4v) is 5.37. The van der Waals surface area contributed by atoms with Crippen LogP contribution in [0.15, 0.2) is 46.9 Å². The van der Waals surface area contributed by atoms with E-state index in [1.54, 1.807) is 12.1 Å². The zero-order chi connectivity index (χ0) is 21.5. The van der Waals surface area contributed by atoms with Crippen LogP contribution in [0.5, 0.6) is 0 Å². The standard InChI is InChI=1S/C22H20BrF3N2O2/c23-17-7-3-5-15-19(17)21(10-12-27-13-11-21)28(20(15)30)18(29)9-8-14-4-1-2-6-16(14)22(24,25)26/h1-7,27H,8-13H2. The van der Waals surface area contributed by atoms with Gasteiger partial charge in [-0.05, 0) is 56.1 Å². The van der Waals surface area contributed by atoms with Gasteiger partial charge < -0.3 is 5.32 Å². The molecule has 8 heteroatoms. The molecule has 0 aliphatic carbocycles. The number of nitrogens with one attached hydrogen (secondary N) is 1. The molecular weight excluding hydrogens is 461 g/mol. The van der Waals surface area contributed by atoms with Gasteiger partial charge in [0.15, 0.2) is 0 Å². The van der Waals surface area contributed by atoms with Gasteiger partial charge in [-0.25, -0.2) is 0 Å². The van der Waals surface area contributed by atoms with Crippen LogP contribution >= 0.6 is 15.9 Å². The van der Waals surface area contributed by atoms with Crippen molar-refractivity contribution >= 4 is 27.7 Å². The van der Waals surface area contributed by atoms with Crippen molar-refractivity contribution in [2.75, 3.05) is 13.1 Å². The van der Waals surface area contributed by atoms with E-state index in [9.17, 15) is 22.8 Å². The Morgan fingerprint density at radius 2 is 1.80 bits per heavy atom. The predicted octanol–water partition coefficient (Wildman–Crippen LogP) is 4.66. The Kier molecular flexibility index (Phi) is 5.48. The van der Waals surface area contributed by atoms with Crippen molar-refractivity contribution in [3.8, 4) is 0 Å². The molecular formula is C22H20BrF3N2O2. The topological polar surface area (TPSA) is 49.4 Å². The fraction of sp³-hybridized carbons (Fsp3) is 0.364. The average molecular weight is 481 g/mol. The van der Waals surface area contributed by atoms with E-state index in [-0.39, 0.29) is 24.3 Å². The number of amides is 2. The van der Waals surface area contributed by atoms with E-state index in [4.69, 9.17) is 0 Å². The molecule has 0 radical (unpaired) electrons. The molecule has 1 spiro atoms. The Morgan fingerprint density at radius 1 is 1.10 bits per heavy atom. The third-order valence-corrected chi connectivity index (χ3v) is 6.61. The smallest absolute Gasteiger partial charge is 0.317 e. The number of imide groups is 1. The summed E-state index contributed by atoms with van der Waals surface area (Å²) in [4.78, 5) is 27.7. The highest BCUT2D eigenvalue weighted by molar-refractivity contribution is 9.10. The van der Waals surface area contributed by atoms with Gasteiger partial charge in [0.1, 0.15) is 0 Å². The lowest BCUT2D eigenvalue weighted by molar-refractivity contribution is -0.139. The van der Waals surface area contributed by atoms with E-state index in [1.807, 2.05) is 6.07 Å². The second-order valence-electron chi connectivity index (χ2n) is 7.63. The van der Waals surface area contributed by atoms with E-state index in [0.717, 1.165) is 16.1 Å². The molecule has 158 valence electrons. The Bertz CT molecular complexity index is 1000. The number of piperidine rings is 1. The number of fused-ring (bicyclic) bond motifs is 2. The molecule has 0 aromatic heterocycles. The van der Waals surface area contributed by atoms with Crippen molar-refractivity contribution in [3.05, 3.63) is 69.2 Å². The van der Waals surface area contributed by atoms with Gasteiger partial charge in [-0.1, -0.05) is 40.2 Å². The minimum absolute atomic E-state index is 0.0584. The number of nitrogens with zero attached hydrogens (tertiary/aromatic N) is 1. The first-order valence-electron chi connectivity index (χ1n) is 9.78. The number of hydrogen-bond donors (Lipinski definition) is 1. The number of hydrogen-bond acceptors (Lipinski definition) is 3. The van der Waals surface area contributed by atoms with Crippen molar-refractivity contribution in [2.24, 2.45) is 0 Å². The number of aryl methyl sites for hydroxylation is 1. The van der Waals surface area contributed by atoms with Gasteiger partial charge in [0.2, 0.25) is 5.91 Å². The van der Waals surface area contributed by atoms with Crippen LogP contribution in [0.3, 0.4) is 0 Å². The van der Waals surface area contributed by atoms with E-state index in [0.29, 0.717) is 31.5 Å². The lowest BCUT2D eigenvalue weighted by Crippen LogP contribution is -2.53. The molecule has 2 aliphatic rings. The van der Waals surface area contributed by atoms with Crippen molar-refractivity contribution in [1.29, 1.82) is 0 Å². The third-order valence-electron chi connectivity index (χ3n) is 5.95. The largest absolute Gasteiger partial charge is 0.416 e. The summed E-state index contributed by atoms with van der Waals surface area (Å²) in [6.07, 6.45) is -3.59. The average Bonchev–Trinajstić information content (AvgIpc) is 2.95. The normalized spacial score (nSPS) is 18.0. The summed E-state index contributed by atoms with van der Waals surface area (Å²) in [5.74, 6) is -0.815. The number of benzene rings is 2. The summed E-state index contributed by atoms with van der Waals surface area (Å²) in [5, 5.41) is 3.25. The number of alkyl halides is 3. The van der Waals surface area contributed by atoms with Gasteiger partial charge in [0.05, 0.1) is 11.1 Å². The van der Waals surface area contributed by atoms with Crippen molar-refractivity contribution in [3.63, 3.8) is 0 Å². The Balaban J connectivity index is 1.65.